The molecule has 4 rings (SSSR count). The van der Waals surface area contributed by atoms with Gasteiger partial charge in [0, 0.05) is 25.7 Å². The zero-order chi connectivity index (χ0) is 24.6. The summed E-state index contributed by atoms with van der Waals surface area (Å²) in [6.07, 6.45) is 1.01. The van der Waals surface area contributed by atoms with Crippen LogP contribution < -0.4 is 10.9 Å². The fourth-order valence-corrected chi connectivity index (χ4v) is 6.31. The average Bonchev–Trinajstić information content (AvgIpc) is 3.02. The summed E-state index contributed by atoms with van der Waals surface area (Å²) in [6.45, 7) is 6.87. The second-order valence-corrected chi connectivity index (χ2v) is 11.1. The van der Waals surface area contributed by atoms with Crippen LogP contribution in [0.3, 0.4) is 0 Å². The van der Waals surface area contributed by atoms with Crippen LogP contribution in [-0.4, -0.2) is 41.1 Å². The highest BCUT2D eigenvalue weighted by molar-refractivity contribution is 7.89. The minimum Gasteiger partial charge on any atom is -0.316 e. The van der Waals surface area contributed by atoms with E-state index in [0.29, 0.717) is 36.3 Å². The molecule has 8 nitrogen and oxygen atoms in total. The van der Waals surface area contributed by atoms with Gasteiger partial charge < -0.3 is 5.32 Å². The van der Waals surface area contributed by atoms with Gasteiger partial charge in [0.2, 0.25) is 10.0 Å². The quantitative estimate of drug-likeness (QED) is 0.603. The molecule has 1 N–H and O–H groups in total. The molecule has 1 aliphatic rings. The Labute approximate surface area is 199 Å². The standard InChI is InChI=1S/C25H30N4O4S/c1-17-14-18(2)16-28(15-17)34(32,33)22-12-10-20(11-13-22)24(30)26-23-19(3)27(4)29(25(23)31)21-8-6-5-7-9-21/h5-13,17-18H,14-16H2,1-4H3,(H,26,30)/t17-,18-/m0/s1. The Morgan fingerprint density at radius 1 is 0.971 bits per heavy atom. The SMILES string of the molecule is Cc1c(NC(=O)c2ccc(S(=O)(=O)N3C[C@@H](C)C[C@H](C)C3)cc2)c(=O)n(-c2ccccc2)n1C. The van der Waals surface area contributed by atoms with Crippen molar-refractivity contribution in [2.24, 2.45) is 18.9 Å². The van der Waals surface area contributed by atoms with Gasteiger partial charge in [-0.05, 0) is 61.6 Å². The fourth-order valence-electron chi connectivity index (χ4n) is 4.63. The van der Waals surface area contributed by atoms with E-state index < -0.39 is 15.9 Å². The van der Waals surface area contributed by atoms with Crippen LogP contribution >= 0.6 is 0 Å². The third-order valence-electron chi connectivity index (χ3n) is 6.38. The first kappa shape index (κ1) is 24.0. The molecule has 180 valence electrons. The third-order valence-corrected chi connectivity index (χ3v) is 8.23. The number of carbonyl (C=O) groups excluding carboxylic acids is 1. The summed E-state index contributed by atoms with van der Waals surface area (Å²) < 4.78 is 30.9. The molecular weight excluding hydrogens is 452 g/mol. The normalized spacial score (nSPS) is 19.2. The summed E-state index contributed by atoms with van der Waals surface area (Å²) in [5.74, 6) is 0.130. The Balaban J connectivity index is 1.56. The van der Waals surface area contributed by atoms with Crippen LogP contribution in [0.4, 0.5) is 5.69 Å². The molecule has 2 aromatic carbocycles. The maximum atomic E-state index is 13.1. The monoisotopic (exact) mass is 482 g/mol. The van der Waals surface area contributed by atoms with E-state index >= 15 is 0 Å². The van der Waals surface area contributed by atoms with Crippen LogP contribution in [0.25, 0.3) is 5.69 Å². The van der Waals surface area contributed by atoms with Gasteiger partial charge in [0.15, 0.2) is 0 Å². The Hall–Kier alpha value is -3.17. The van der Waals surface area contributed by atoms with Gasteiger partial charge in [-0.3, -0.25) is 14.3 Å². The Morgan fingerprint density at radius 3 is 2.15 bits per heavy atom. The number of carbonyl (C=O) groups is 1. The molecule has 0 radical (unpaired) electrons. The molecule has 0 aliphatic carbocycles. The van der Waals surface area contributed by atoms with E-state index in [1.54, 1.807) is 18.7 Å². The highest BCUT2D eigenvalue weighted by Gasteiger charge is 2.31. The van der Waals surface area contributed by atoms with Gasteiger partial charge in [0.25, 0.3) is 11.5 Å². The molecule has 2 atom stereocenters. The number of aromatic nitrogens is 2. The maximum absolute atomic E-state index is 13.1. The molecule has 1 amide bonds. The molecule has 1 aromatic heterocycles. The van der Waals surface area contributed by atoms with Crippen molar-refractivity contribution >= 4 is 21.6 Å². The predicted molar refractivity (Wildman–Crippen MR) is 132 cm³/mol. The summed E-state index contributed by atoms with van der Waals surface area (Å²) in [5, 5.41) is 2.71. The molecule has 3 aromatic rings. The van der Waals surface area contributed by atoms with Gasteiger partial charge in [-0.1, -0.05) is 32.0 Å². The van der Waals surface area contributed by atoms with Gasteiger partial charge in [0.05, 0.1) is 16.3 Å². The number of hydrogen-bond donors (Lipinski definition) is 1. The molecule has 1 saturated heterocycles. The van der Waals surface area contributed by atoms with Crippen molar-refractivity contribution < 1.29 is 13.2 Å². The Bertz CT molecular complexity index is 1350. The van der Waals surface area contributed by atoms with Crippen LogP contribution in [0.5, 0.6) is 0 Å². The van der Waals surface area contributed by atoms with Gasteiger partial charge in [-0.2, -0.15) is 4.31 Å². The molecule has 34 heavy (non-hydrogen) atoms. The van der Waals surface area contributed by atoms with Crippen molar-refractivity contribution in [1.82, 2.24) is 13.7 Å². The number of nitrogens with zero attached hydrogens (tertiary/aromatic N) is 3. The van der Waals surface area contributed by atoms with E-state index in [-0.39, 0.29) is 21.7 Å². The highest BCUT2D eigenvalue weighted by atomic mass is 32.2. The largest absolute Gasteiger partial charge is 0.316 e. The molecule has 1 fully saturated rings. The van der Waals surface area contributed by atoms with Gasteiger partial charge in [0.1, 0.15) is 5.69 Å². The van der Waals surface area contributed by atoms with E-state index in [2.05, 4.69) is 19.2 Å². The molecular formula is C25H30N4O4S. The first-order valence-electron chi connectivity index (χ1n) is 11.3. The average molecular weight is 483 g/mol. The van der Waals surface area contributed by atoms with Crippen molar-refractivity contribution in [1.29, 1.82) is 0 Å². The summed E-state index contributed by atoms with van der Waals surface area (Å²) in [5.41, 5.74) is 1.41. The second-order valence-electron chi connectivity index (χ2n) is 9.18. The minimum atomic E-state index is -3.63. The Kier molecular flexibility index (Phi) is 6.51. The number of hydrogen-bond acceptors (Lipinski definition) is 4. The molecule has 0 unspecified atom stereocenters. The number of benzene rings is 2. The van der Waals surface area contributed by atoms with Crippen LogP contribution in [0.2, 0.25) is 0 Å². The number of piperidine rings is 1. The van der Waals surface area contributed by atoms with Crippen molar-refractivity contribution in [3.63, 3.8) is 0 Å². The highest BCUT2D eigenvalue weighted by Crippen LogP contribution is 2.27. The number of nitrogens with one attached hydrogen (secondary N) is 1. The number of rotatable bonds is 5. The topological polar surface area (TPSA) is 93.4 Å². The molecule has 0 bridgehead atoms. The molecule has 0 saturated carbocycles. The van der Waals surface area contributed by atoms with E-state index in [9.17, 15) is 18.0 Å². The van der Waals surface area contributed by atoms with Crippen LogP contribution in [0.15, 0.2) is 64.3 Å². The van der Waals surface area contributed by atoms with Crippen molar-refractivity contribution in [3.8, 4) is 5.69 Å². The van der Waals surface area contributed by atoms with E-state index in [4.69, 9.17) is 0 Å². The zero-order valence-electron chi connectivity index (χ0n) is 19.9. The molecule has 9 heteroatoms. The number of anilines is 1. The van der Waals surface area contributed by atoms with Crippen molar-refractivity contribution in [3.05, 3.63) is 76.2 Å². The van der Waals surface area contributed by atoms with Gasteiger partial charge >= 0.3 is 0 Å². The summed E-state index contributed by atoms with van der Waals surface area (Å²) in [7, 11) is -1.88. The van der Waals surface area contributed by atoms with Crippen LogP contribution in [-0.2, 0) is 17.1 Å². The molecule has 2 heterocycles. The molecule has 0 spiro atoms. The first-order chi connectivity index (χ1) is 16.1. The van der Waals surface area contributed by atoms with E-state index in [1.165, 1.54) is 33.3 Å². The van der Waals surface area contributed by atoms with E-state index in [1.807, 2.05) is 30.3 Å². The van der Waals surface area contributed by atoms with Gasteiger partial charge in [-0.15, -0.1) is 0 Å². The molecule has 1 aliphatic heterocycles. The second kappa shape index (κ2) is 9.23. The smallest absolute Gasteiger partial charge is 0.295 e. The lowest BCUT2D eigenvalue weighted by Crippen LogP contribution is -2.42. The summed E-state index contributed by atoms with van der Waals surface area (Å²) in [6, 6.07) is 15.0. The predicted octanol–water partition coefficient (Wildman–Crippen LogP) is 3.40. The van der Waals surface area contributed by atoms with Crippen molar-refractivity contribution in [2.45, 2.75) is 32.1 Å². The lowest BCUT2D eigenvalue weighted by atomic mass is 9.94. The summed E-state index contributed by atoms with van der Waals surface area (Å²) in [4.78, 5) is 26.1. The lowest BCUT2D eigenvalue weighted by molar-refractivity contribution is 0.102. The van der Waals surface area contributed by atoms with E-state index in [0.717, 1.165) is 6.42 Å². The van der Waals surface area contributed by atoms with Crippen LogP contribution in [0.1, 0.15) is 36.3 Å². The van der Waals surface area contributed by atoms with Crippen molar-refractivity contribution in [2.75, 3.05) is 18.4 Å². The fraction of sp³-hybridized carbons (Fsp3) is 0.360. The Morgan fingerprint density at radius 2 is 1.56 bits per heavy atom. The maximum Gasteiger partial charge on any atom is 0.295 e. The number of amides is 1. The third kappa shape index (κ3) is 4.45. The first-order valence-corrected chi connectivity index (χ1v) is 12.8. The number of sulfonamides is 1. The minimum absolute atomic E-state index is 0.160. The number of para-hydroxylation sites is 1. The lowest BCUT2D eigenvalue weighted by Gasteiger charge is -2.34. The summed E-state index contributed by atoms with van der Waals surface area (Å²) >= 11 is 0. The van der Waals surface area contributed by atoms with Crippen LogP contribution in [0, 0.1) is 18.8 Å². The zero-order valence-corrected chi connectivity index (χ0v) is 20.7. The van der Waals surface area contributed by atoms with Gasteiger partial charge in [-0.25, -0.2) is 13.1 Å².